The highest BCUT2D eigenvalue weighted by Gasteiger charge is 2.23. The molecule has 0 atom stereocenters. The van der Waals surface area contributed by atoms with Crippen LogP contribution in [0.2, 0.25) is 0 Å². The molecule has 0 N–H and O–H groups in total. The van der Waals surface area contributed by atoms with E-state index < -0.39 is 10.1 Å². The Labute approximate surface area is 87.0 Å². The third-order valence-electron chi connectivity index (χ3n) is 2.70. The lowest BCUT2D eigenvalue weighted by Gasteiger charge is -2.25. The van der Waals surface area contributed by atoms with Crippen molar-refractivity contribution in [3.05, 3.63) is 0 Å². The van der Waals surface area contributed by atoms with Crippen LogP contribution >= 0.6 is 0 Å². The molecule has 1 aliphatic rings. The first kappa shape index (κ1) is 12.0. The molecule has 0 amide bonds. The van der Waals surface area contributed by atoms with Crippen LogP contribution in [0, 0.1) is 5.92 Å². The first-order valence-electron chi connectivity index (χ1n) is 5.44. The van der Waals surface area contributed by atoms with Gasteiger partial charge in [0.25, 0.3) is 10.1 Å². The second-order valence-corrected chi connectivity index (χ2v) is 5.96. The Kier molecular flexibility index (Phi) is 4.38. The molecule has 0 aromatic carbocycles. The smallest absolute Gasteiger partial charge is 0.267 e. The van der Waals surface area contributed by atoms with Gasteiger partial charge < -0.3 is 0 Å². The molecule has 0 saturated heterocycles. The van der Waals surface area contributed by atoms with Crippen LogP contribution in [0.4, 0.5) is 0 Å². The minimum atomic E-state index is -3.25. The number of hydrogen-bond acceptors (Lipinski definition) is 3. The summed E-state index contributed by atoms with van der Waals surface area (Å²) in [5.74, 6) is 0.878. The van der Waals surface area contributed by atoms with Crippen LogP contribution in [0.25, 0.3) is 0 Å². The van der Waals surface area contributed by atoms with Crippen molar-refractivity contribution < 1.29 is 12.6 Å². The van der Waals surface area contributed by atoms with Gasteiger partial charge in [0, 0.05) is 0 Å². The van der Waals surface area contributed by atoms with Crippen molar-refractivity contribution in [2.75, 3.05) is 5.75 Å². The highest BCUT2D eigenvalue weighted by Crippen LogP contribution is 2.26. The van der Waals surface area contributed by atoms with E-state index in [1.165, 1.54) is 0 Å². The topological polar surface area (TPSA) is 43.4 Å². The van der Waals surface area contributed by atoms with Crippen LogP contribution in [0.15, 0.2) is 0 Å². The zero-order valence-electron chi connectivity index (χ0n) is 9.03. The van der Waals surface area contributed by atoms with Gasteiger partial charge in [0.15, 0.2) is 0 Å². The Balaban J connectivity index is 2.37. The highest BCUT2D eigenvalue weighted by atomic mass is 32.2. The van der Waals surface area contributed by atoms with Gasteiger partial charge >= 0.3 is 0 Å². The summed E-state index contributed by atoms with van der Waals surface area (Å²) in [6.45, 7) is 4.06. The van der Waals surface area contributed by atoms with Gasteiger partial charge in [0.05, 0.1) is 11.9 Å². The summed E-state index contributed by atoms with van der Waals surface area (Å²) in [4.78, 5) is 0. The molecule has 84 valence electrons. The summed E-state index contributed by atoms with van der Waals surface area (Å²) in [6, 6.07) is 0. The van der Waals surface area contributed by atoms with Gasteiger partial charge in [-0.05, 0) is 38.0 Å². The van der Waals surface area contributed by atoms with Crippen LogP contribution < -0.4 is 0 Å². The van der Waals surface area contributed by atoms with E-state index in [0.717, 1.165) is 31.6 Å². The van der Waals surface area contributed by atoms with E-state index in [4.69, 9.17) is 4.18 Å². The minimum absolute atomic E-state index is 0.0530. The minimum Gasteiger partial charge on any atom is -0.267 e. The summed E-state index contributed by atoms with van der Waals surface area (Å²) >= 11 is 0. The molecular formula is C10H20O3S. The van der Waals surface area contributed by atoms with Gasteiger partial charge in [0.1, 0.15) is 0 Å². The van der Waals surface area contributed by atoms with Crippen molar-refractivity contribution in [2.24, 2.45) is 5.92 Å². The molecule has 0 aliphatic heterocycles. The fourth-order valence-electron chi connectivity index (χ4n) is 1.83. The largest absolute Gasteiger partial charge is 0.267 e. The third-order valence-corrected chi connectivity index (χ3v) is 4.17. The molecule has 0 spiro atoms. The molecule has 0 bridgehead atoms. The molecule has 1 fully saturated rings. The summed E-state index contributed by atoms with van der Waals surface area (Å²) in [6.07, 6.45) is 4.54. The van der Waals surface area contributed by atoms with E-state index in [1.807, 2.05) is 6.92 Å². The number of rotatable bonds is 4. The predicted octanol–water partition coefficient (Wildman–Crippen LogP) is 2.32. The first-order chi connectivity index (χ1) is 6.53. The van der Waals surface area contributed by atoms with Crippen molar-refractivity contribution in [2.45, 2.75) is 52.1 Å². The monoisotopic (exact) mass is 220 g/mol. The molecule has 0 radical (unpaired) electrons. The van der Waals surface area contributed by atoms with Crippen LogP contribution in [-0.4, -0.2) is 20.3 Å². The molecule has 1 aliphatic carbocycles. The maximum atomic E-state index is 11.4. The quantitative estimate of drug-likeness (QED) is 0.683. The van der Waals surface area contributed by atoms with Gasteiger partial charge in [-0.1, -0.05) is 13.8 Å². The van der Waals surface area contributed by atoms with E-state index in [0.29, 0.717) is 6.42 Å². The second-order valence-electron chi connectivity index (χ2n) is 4.24. The van der Waals surface area contributed by atoms with Crippen molar-refractivity contribution >= 4 is 10.1 Å². The average molecular weight is 220 g/mol. The Morgan fingerprint density at radius 2 is 1.79 bits per heavy atom. The zero-order valence-corrected chi connectivity index (χ0v) is 9.85. The fraction of sp³-hybridized carbons (Fsp3) is 1.00. The van der Waals surface area contributed by atoms with Crippen LogP contribution in [0.3, 0.4) is 0 Å². The van der Waals surface area contributed by atoms with Gasteiger partial charge in [-0.3, -0.25) is 4.18 Å². The van der Waals surface area contributed by atoms with Gasteiger partial charge in [-0.25, -0.2) is 0 Å². The SMILES string of the molecule is CCCS(=O)(=O)OC1CCC(C)CC1. The Morgan fingerprint density at radius 1 is 1.21 bits per heavy atom. The van der Waals surface area contributed by atoms with Crippen LogP contribution in [0.5, 0.6) is 0 Å². The van der Waals surface area contributed by atoms with E-state index in [1.54, 1.807) is 0 Å². The lowest BCUT2D eigenvalue weighted by Crippen LogP contribution is -2.24. The molecule has 1 rings (SSSR count). The molecule has 1 saturated carbocycles. The third kappa shape index (κ3) is 3.96. The molecule has 14 heavy (non-hydrogen) atoms. The Hall–Kier alpha value is -0.0900. The summed E-state index contributed by atoms with van der Waals surface area (Å²) in [5, 5.41) is 0. The highest BCUT2D eigenvalue weighted by molar-refractivity contribution is 7.86. The summed E-state index contributed by atoms with van der Waals surface area (Å²) in [7, 11) is -3.25. The predicted molar refractivity (Wildman–Crippen MR) is 56.6 cm³/mol. The van der Waals surface area contributed by atoms with Crippen LogP contribution in [-0.2, 0) is 14.3 Å². The normalized spacial score (nSPS) is 29.0. The molecule has 4 heteroatoms. The van der Waals surface area contributed by atoms with Gasteiger partial charge in [-0.2, -0.15) is 8.42 Å². The van der Waals surface area contributed by atoms with Crippen LogP contribution in [0.1, 0.15) is 46.0 Å². The van der Waals surface area contributed by atoms with Gasteiger partial charge in [0.2, 0.25) is 0 Å². The second kappa shape index (κ2) is 5.12. The van der Waals surface area contributed by atoms with E-state index in [-0.39, 0.29) is 11.9 Å². The maximum absolute atomic E-state index is 11.4. The van der Waals surface area contributed by atoms with E-state index in [2.05, 4.69) is 6.92 Å². The van der Waals surface area contributed by atoms with Crippen molar-refractivity contribution in [1.29, 1.82) is 0 Å². The van der Waals surface area contributed by atoms with E-state index >= 15 is 0 Å². The standard InChI is InChI=1S/C10H20O3S/c1-3-8-14(11,12)13-10-6-4-9(2)5-7-10/h9-10H,3-8H2,1-2H3. The maximum Gasteiger partial charge on any atom is 0.267 e. The summed E-state index contributed by atoms with van der Waals surface area (Å²) in [5.41, 5.74) is 0. The Bertz CT molecular complexity index is 251. The van der Waals surface area contributed by atoms with Crippen molar-refractivity contribution in [3.8, 4) is 0 Å². The molecule has 3 nitrogen and oxygen atoms in total. The van der Waals surface area contributed by atoms with E-state index in [9.17, 15) is 8.42 Å². The summed E-state index contributed by atoms with van der Waals surface area (Å²) < 4.78 is 27.9. The van der Waals surface area contributed by atoms with Crippen molar-refractivity contribution in [1.82, 2.24) is 0 Å². The lowest BCUT2D eigenvalue weighted by molar-refractivity contribution is 0.142. The molecule has 0 aromatic rings. The molecular weight excluding hydrogens is 200 g/mol. The van der Waals surface area contributed by atoms with Gasteiger partial charge in [-0.15, -0.1) is 0 Å². The fourth-order valence-corrected chi connectivity index (χ4v) is 3.03. The molecule has 0 unspecified atom stereocenters. The van der Waals surface area contributed by atoms with Crippen molar-refractivity contribution in [3.63, 3.8) is 0 Å². The first-order valence-corrected chi connectivity index (χ1v) is 7.02. The Morgan fingerprint density at radius 3 is 2.29 bits per heavy atom. The lowest BCUT2D eigenvalue weighted by atomic mass is 9.89. The average Bonchev–Trinajstić information content (AvgIpc) is 2.08. The zero-order chi connectivity index (χ0) is 10.6. The number of hydrogen-bond donors (Lipinski definition) is 0. The molecule has 0 aromatic heterocycles. The molecule has 0 heterocycles.